The van der Waals surface area contributed by atoms with E-state index in [-0.39, 0.29) is 12.0 Å². The molecule has 2 heterocycles. The van der Waals surface area contributed by atoms with Crippen LogP contribution in [0, 0.1) is 5.92 Å². The number of hydrogen-bond acceptors (Lipinski definition) is 4. The first-order chi connectivity index (χ1) is 10.6. The Morgan fingerprint density at radius 3 is 3.18 bits per heavy atom. The van der Waals surface area contributed by atoms with Crippen LogP contribution < -0.4 is 5.32 Å². The maximum Gasteiger partial charge on any atom is 0.244 e. The Balaban J connectivity index is 1.73. The van der Waals surface area contributed by atoms with Crippen molar-refractivity contribution in [1.29, 1.82) is 0 Å². The van der Waals surface area contributed by atoms with Gasteiger partial charge < -0.3 is 10.1 Å². The van der Waals surface area contributed by atoms with Gasteiger partial charge in [0.1, 0.15) is 0 Å². The summed E-state index contributed by atoms with van der Waals surface area (Å²) >= 11 is 0. The Labute approximate surface area is 132 Å². The van der Waals surface area contributed by atoms with Crippen molar-refractivity contribution < 1.29 is 9.53 Å². The van der Waals surface area contributed by atoms with Gasteiger partial charge in [-0.3, -0.25) is 14.7 Å². The van der Waals surface area contributed by atoms with Crippen molar-refractivity contribution in [2.45, 2.75) is 20.0 Å². The Hall–Kier alpha value is -1.72. The summed E-state index contributed by atoms with van der Waals surface area (Å²) in [6.07, 6.45) is 6.79. The first-order valence-electron chi connectivity index (χ1n) is 7.83. The molecule has 1 aliphatic heterocycles. The number of aromatic nitrogens is 1. The van der Waals surface area contributed by atoms with E-state index in [9.17, 15) is 4.79 Å². The van der Waals surface area contributed by atoms with Crippen LogP contribution in [-0.2, 0) is 9.53 Å². The number of carbonyl (C=O) groups is 1. The van der Waals surface area contributed by atoms with E-state index in [1.54, 1.807) is 18.5 Å². The van der Waals surface area contributed by atoms with Gasteiger partial charge in [0.05, 0.1) is 12.7 Å². The van der Waals surface area contributed by atoms with Crippen molar-refractivity contribution in [1.82, 2.24) is 15.2 Å². The van der Waals surface area contributed by atoms with Gasteiger partial charge in [-0.25, -0.2) is 0 Å². The molecule has 0 bridgehead atoms. The molecule has 1 aliphatic rings. The SMILES string of the molecule is CC(C)CN1CCOC(CNC(=O)/C=C/c2cccnc2)C1. The lowest BCUT2D eigenvalue weighted by Crippen LogP contribution is -2.48. The lowest BCUT2D eigenvalue weighted by atomic mass is 10.2. The second-order valence-electron chi connectivity index (χ2n) is 6.01. The van der Waals surface area contributed by atoms with Gasteiger partial charge in [0.15, 0.2) is 0 Å². The summed E-state index contributed by atoms with van der Waals surface area (Å²) in [6, 6.07) is 3.75. The van der Waals surface area contributed by atoms with E-state index in [1.807, 2.05) is 12.1 Å². The van der Waals surface area contributed by atoms with Crippen LogP contribution in [0.5, 0.6) is 0 Å². The zero-order valence-corrected chi connectivity index (χ0v) is 13.4. The predicted molar refractivity (Wildman–Crippen MR) is 87.3 cm³/mol. The molecule has 22 heavy (non-hydrogen) atoms. The quantitative estimate of drug-likeness (QED) is 0.811. The van der Waals surface area contributed by atoms with Crippen LogP contribution in [0.3, 0.4) is 0 Å². The second-order valence-corrected chi connectivity index (χ2v) is 6.01. The summed E-state index contributed by atoms with van der Waals surface area (Å²) in [5, 5.41) is 2.90. The molecule has 1 saturated heterocycles. The van der Waals surface area contributed by atoms with E-state index in [1.165, 1.54) is 6.08 Å². The summed E-state index contributed by atoms with van der Waals surface area (Å²) in [4.78, 5) is 18.2. The highest BCUT2D eigenvalue weighted by molar-refractivity contribution is 5.91. The average molecular weight is 303 g/mol. The van der Waals surface area contributed by atoms with E-state index in [0.29, 0.717) is 12.5 Å². The number of ether oxygens (including phenoxy) is 1. The molecule has 5 heteroatoms. The number of carbonyl (C=O) groups excluding carboxylic acids is 1. The zero-order chi connectivity index (χ0) is 15.8. The van der Waals surface area contributed by atoms with Crippen LogP contribution in [0.1, 0.15) is 19.4 Å². The lowest BCUT2D eigenvalue weighted by Gasteiger charge is -2.33. The molecule has 0 saturated carbocycles. The Morgan fingerprint density at radius 2 is 2.45 bits per heavy atom. The summed E-state index contributed by atoms with van der Waals surface area (Å²) in [5.41, 5.74) is 0.912. The van der Waals surface area contributed by atoms with E-state index >= 15 is 0 Å². The molecule has 1 amide bonds. The minimum Gasteiger partial charge on any atom is -0.374 e. The van der Waals surface area contributed by atoms with Gasteiger partial charge in [0.25, 0.3) is 0 Å². The third-order valence-electron chi connectivity index (χ3n) is 3.46. The van der Waals surface area contributed by atoms with Crippen molar-refractivity contribution in [3.8, 4) is 0 Å². The molecule has 0 spiro atoms. The number of hydrogen-bond donors (Lipinski definition) is 1. The fourth-order valence-corrected chi connectivity index (χ4v) is 2.51. The van der Waals surface area contributed by atoms with E-state index < -0.39 is 0 Å². The maximum absolute atomic E-state index is 11.8. The molecule has 120 valence electrons. The topological polar surface area (TPSA) is 54.5 Å². The molecule has 2 rings (SSSR count). The van der Waals surface area contributed by atoms with Gasteiger partial charge in [0, 0.05) is 44.6 Å². The summed E-state index contributed by atoms with van der Waals surface area (Å²) in [5.74, 6) is 0.546. The molecular formula is C17H25N3O2. The second kappa shape index (κ2) is 8.66. The molecule has 1 fully saturated rings. The van der Waals surface area contributed by atoms with Gasteiger partial charge in [-0.05, 0) is 23.6 Å². The van der Waals surface area contributed by atoms with Crippen molar-refractivity contribution in [2.75, 3.05) is 32.8 Å². The largest absolute Gasteiger partial charge is 0.374 e. The molecule has 1 unspecified atom stereocenters. The number of nitrogens with zero attached hydrogens (tertiary/aromatic N) is 2. The number of nitrogens with one attached hydrogen (secondary N) is 1. The highest BCUT2D eigenvalue weighted by Crippen LogP contribution is 2.07. The first kappa shape index (κ1) is 16.6. The van der Waals surface area contributed by atoms with Gasteiger partial charge in [-0.2, -0.15) is 0 Å². The van der Waals surface area contributed by atoms with Crippen molar-refractivity contribution >= 4 is 12.0 Å². The summed E-state index contributed by atoms with van der Waals surface area (Å²) < 4.78 is 5.71. The Bertz CT molecular complexity index is 488. The van der Waals surface area contributed by atoms with E-state index in [0.717, 1.165) is 31.8 Å². The predicted octanol–water partition coefficient (Wildman–Crippen LogP) is 1.57. The van der Waals surface area contributed by atoms with Crippen molar-refractivity contribution in [3.63, 3.8) is 0 Å². The number of amides is 1. The standard InChI is InChI=1S/C17H25N3O2/c1-14(2)12-20-8-9-22-16(13-20)11-19-17(21)6-5-15-4-3-7-18-10-15/h3-7,10,14,16H,8-9,11-13H2,1-2H3,(H,19,21)/b6-5+. The Morgan fingerprint density at radius 1 is 1.59 bits per heavy atom. The number of rotatable bonds is 6. The molecule has 5 nitrogen and oxygen atoms in total. The summed E-state index contributed by atoms with van der Waals surface area (Å²) in [6.45, 7) is 8.65. The van der Waals surface area contributed by atoms with Gasteiger partial charge in [-0.15, -0.1) is 0 Å². The van der Waals surface area contributed by atoms with Crippen LogP contribution in [0.4, 0.5) is 0 Å². The van der Waals surface area contributed by atoms with E-state index in [2.05, 4.69) is 29.0 Å². The van der Waals surface area contributed by atoms with Gasteiger partial charge >= 0.3 is 0 Å². The van der Waals surface area contributed by atoms with Crippen molar-refractivity contribution in [3.05, 3.63) is 36.2 Å². The smallest absolute Gasteiger partial charge is 0.244 e. The number of pyridine rings is 1. The van der Waals surface area contributed by atoms with Crippen LogP contribution in [0.2, 0.25) is 0 Å². The zero-order valence-electron chi connectivity index (χ0n) is 13.4. The van der Waals surface area contributed by atoms with E-state index in [4.69, 9.17) is 4.74 Å². The minimum atomic E-state index is -0.103. The lowest BCUT2D eigenvalue weighted by molar-refractivity contribution is -0.117. The normalized spacial score (nSPS) is 19.7. The van der Waals surface area contributed by atoms with Crippen molar-refractivity contribution in [2.24, 2.45) is 5.92 Å². The molecule has 0 radical (unpaired) electrons. The van der Waals surface area contributed by atoms with Crippen LogP contribution in [0.25, 0.3) is 6.08 Å². The molecule has 0 aromatic carbocycles. The Kier molecular flexibility index (Phi) is 6.55. The van der Waals surface area contributed by atoms with Crippen LogP contribution in [-0.4, -0.2) is 54.7 Å². The fraction of sp³-hybridized carbons (Fsp3) is 0.529. The van der Waals surface area contributed by atoms with Crippen LogP contribution in [0.15, 0.2) is 30.6 Å². The monoisotopic (exact) mass is 303 g/mol. The first-order valence-corrected chi connectivity index (χ1v) is 7.83. The highest BCUT2D eigenvalue weighted by Gasteiger charge is 2.20. The summed E-state index contributed by atoms with van der Waals surface area (Å²) in [7, 11) is 0. The molecule has 1 aromatic rings. The average Bonchev–Trinajstić information content (AvgIpc) is 2.52. The molecule has 1 atom stereocenters. The van der Waals surface area contributed by atoms with Crippen LogP contribution >= 0.6 is 0 Å². The fourth-order valence-electron chi connectivity index (χ4n) is 2.51. The van der Waals surface area contributed by atoms with Gasteiger partial charge in [-0.1, -0.05) is 19.9 Å². The third-order valence-corrected chi connectivity index (χ3v) is 3.46. The minimum absolute atomic E-state index is 0.0724. The molecule has 1 aromatic heterocycles. The molecule has 0 aliphatic carbocycles. The maximum atomic E-state index is 11.8. The van der Waals surface area contributed by atoms with Gasteiger partial charge in [0.2, 0.25) is 5.91 Å². The number of morpholine rings is 1. The molecule has 1 N–H and O–H groups in total. The molecular weight excluding hydrogens is 278 g/mol. The highest BCUT2D eigenvalue weighted by atomic mass is 16.5. The third kappa shape index (κ3) is 5.95.